The van der Waals surface area contributed by atoms with Gasteiger partial charge < -0.3 is 5.32 Å². The normalized spacial score (nSPS) is 35.3. The van der Waals surface area contributed by atoms with Gasteiger partial charge in [-0.25, -0.2) is 0 Å². The second-order valence-corrected chi connectivity index (χ2v) is 9.16. The van der Waals surface area contributed by atoms with E-state index >= 15 is 0 Å². The van der Waals surface area contributed by atoms with Crippen molar-refractivity contribution in [3.05, 3.63) is 39.9 Å². The fourth-order valence-electron chi connectivity index (χ4n) is 5.43. The SMILES string of the molecule is Cc1c(Br)ccc(NC(=O)CN2C(=O)[C@@H]3[C@H]4C=C[C@@H]([C@@H]5C[C@H]45)[C@@H]3C2=O)c1C. The zero-order chi connectivity index (χ0) is 19.0. The first-order chi connectivity index (χ1) is 12.9. The lowest BCUT2D eigenvalue weighted by atomic mass is 9.63. The molecule has 1 N–H and O–H groups in total. The third kappa shape index (κ3) is 2.38. The van der Waals surface area contributed by atoms with E-state index in [4.69, 9.17) is 0 Å². The molecule has 0 unspecified atom stereocenters. The number of allylic oxidation sites excluding steroid dienone is 2. The Bertz CT molecular complexity index is 888. The van der Waals surface area contributed by atoms with E-state index in [1.54, 1.807) is 0 Å². The lowest BCUT2D eigenvalue weighted by molar-refractivity contribution is -0.142. The van der Waals surface area contributed by atoms with Crippen LogP contribution in [0.2, 0.25) is 0 Å². The monoisotopic (exact) mass is 428 g/mol. The predicted octanol–water partition coefficient (Wildman–Crippen LogP) is 3.06. The van der Waals surface area contributed by atoms with Crippen LogP contribution in [0.1, 0.15) is 17.5 Å². The van der Waals surface area contributed by atoms with Crippen molar-refractivity contribution >= 4 is 39.3 Å². The van der Waals surface area contributed by atoms with Crippen LogP contribution in [0.15, 0.2) is 28.8 Å². The van der Waals surface area contributed by atoms with Crippen LogP contribution in [-0.4, -0.2) is 29.2 Å². The van der Waals surface area contributed by atoms with E-state index in [0.29, 0.717) is 17.5 Å². The maximum atomic E-state index is 12.9. The zero-order valence-electron chi connectivity index (χ0n) is 15.2. The van der Waals surface area contributed by atoms with Gasteiger partial charge in [0.05, 0.1) is 11.8 Å². The van der Waals surface area contributed by atoms with Crippen LogP contribution in [0.25, 0.3) is 0 Å². The molecule has 27 heavy (non-hydrogen) atoms. The number of nitrogens with one attached hydrogen (secondary N) is 1. The van der Waals surface area contributed by atoms with E-state index in [2.05, 4.69) is 33.4 Å². The molecule has 1 aliphatic heterocycles. The largest absolute Gasteiger partial charge is 0.324 e. The molecule has 3 amide bonds. The van der Waals surface area contributed by atoms with Gasteiger partial charge in [-0.3, -0.25) is 19.3 Å². The van der Waals surface area contributed by atoms with E-state index in [1.807, 2.05) is 26.0 Å². The fraction of sp³-hybridized carbons (Fsp3) is 0.476. The molecule has 4 aliphatic carbocycles. The summed E-state index contributed by atoms with van der Waals surface area (Å²) in [7, 11) is 0. The zero-order valence-corrected chi connectivity index (χ0v) is 16.8. The lowest BCUT2D eigenvalue weighted by Gasteiger charge is -2.37. The molecule has 140 valence electrons. The van der Waals surface area contributed by atoms with Crippen LogP contribution < -0.4 is 5.32 Å². The highest BCUT2D eigenvalue weighted by atomic mass is 79.9. The van der Waals surface area contributed by atoms with Gasteiger partial charge in [-0.15, -0.1) is 0 Å². The lowest BCUT2D eigenvalue weighted by Crippen LogP contribution is -2.40. The van der Waals surface area contributed by atoms with E-state index in [1.165, 1.54) is 4.90 Å². The summed E-state index contributed by atoms with van der Waals surface area (Å²) in [6.07, 6.45) is 5.42. The van der Waals surface area contributed by atoms with Crippen LogP contribution in [0.3, 0.4) is 0 Å². The Morgan fingerprint density at radius 2 is 1.67 bits per heavy atom. The molecule has 1 heterocycles. The summed E-state index contributed by atoms with van der Waals surface area (Å²) in [6.45, 7) is 3.71. The van der Waals surface area contributed by atoms with Crippen LogP contribution >= 0.6 is 15.9 Å². The molecule has 0 aromatic heterocycles. The summed E-state index contributed by atoms with van der Waals surface area (Å²) < 4.78 is 0.980. The molecule has 6 atom stereocenters. The van der Waals surface area contributed by atoms with Crippen LogP contribution in [0.4, 0.5) is 5.69 Å². The highest BCUT2D eigenvalue weighted by molar-refractivity contribution is 9.10. The molecule has 6 heteroatoms. The Hall–Kier alpha value is -1.95. The number of carbonyl (C=O) groups is 3. The number of likely N-dealkylation sites (tertiary alicyclic amines) is 1. The number of anilines is 1. The van der Waals surface area contributed by atoms with Crippen LogP contribution in [-0.2, 0) is 14.4 Å². The van der Waals surface area contributed by atoms with Crippen molar-refractivity contribution in [2.75, 3.05) is 11.9 Å². The number of hydrogen-bond donors (Lipinski definition) is 1. The van der Waals surface area contributed by atoms with Gasteiger partial charge in [0.15, 0.2) is 0 Å². The summed E-state index contributed by atoms with van der Waals surface area (Å²) in [5.74, 6) is 0.367. The maximum Gasteiger partial charge on any atom is 0.244 e. The molecule has 0 spiro atoms. The molecule has 1 saturated heterocycles. The van der Waals surface area contributed by atoms with Crippen molar-refractivity contribution in [1.82, 2.24) is 4.90 Å². The van der Waals surface area contributed by atoms with E-state index < -0.39 is 0 Å². The van der Waals surface area contributed by atoms with Gasteiger partial charge in [0.2, 0.25) is 17.7 Å². The number of nitrogens with zero attached hydrogens (tertiary/aromatic N) is 1. The van der Waals surface area contributed by atoms with Gasteiger partial charge in [-0.1, -0.05) is 28.1 Å². The third-order valence-corrected chi connectivity index (χ3v) is 7.91. The Morgan fingerprint density at radius 3 is 2.26 bits per heavy atom. The smallest absolute Gasteiger partial charge is 0.244 e. The summed E-state index contributed by atoms with van der Waals surface area (Å²) in [5, 5.41) is 2.86. The van der Waals surface area contributed by atoms with Gasteiger partial charge >= 0.3 is 0 Å². The second-order valence-electron chi connectivity index (χ2n) is 8.31. The number of rotatable bonds is 3. The molecule has 2 bridgehead atoms. The summed E-state index contributed by atoms with van der Waals surface area (Å²) in [5.41, 5.74) is 2.72. The van der Waals surface area contributed by atoms with Crippen molar-refractivity contribution in [3.8, 4) is 0 Å². The molecule has 3 fully saturated rings. The maximum absolute atomic E-state index is 12.9. The average Bonchev–Trinajstić information content (AvgIpc) is 3.43. The number of carbonyl (C=O) groups excluding carboxylic acids is 3. The minimum absolute atomic E-state index is 0.159. The Balaban J connectivity index is 1.33. The minimum atomic E-state index is -0.328. The van der Waals surface area contributed by atoms with Crippen molar-refractivity contribution in [3.63, 3.8) is 0 Å². The highest BCUT2D eigenvalue weighted by Crippen LogP contribution is 2.65. The van der Waals surface area contributed by atoms with Crippen molar-refractivity contribution in [2.24, 2.45) is 35.5 Å². The van der Waals surface area contributed by atoms with Gasteiger partial charge in [0, 0.05) is 10.2 Å². The average molecular weight is 429 g/mol. The second kappa shape index (κ2) is 5.77. The van der Waals surface area contributed by atoms with E-state index in [9.17, 15) is 14.4 Å². The van der Waals surface area contributed by atoms with Gasteiger partial charge in [0.25, 0.3) is 0 Å². The standard InChI is InChI=1S/C21H21BrN2O3/c1-9-10(2)16(6-5-15(9)22)23-17(25)8-24-20(26)18-11-3-4-12(14-7-13(11)14)19(18)21(24)27/h3-6,11-14,18-19H,7-8H2,1-2H3,(H,23,25)/t11-,12-,13-,14+,18-,19+/m0/s1. The van der Waals surface area contributed by atoms with Crippen molar-refractivity contribution in [1.29, 1.82) is 0 Å². The minimum Gasteiger partial charge on any atom is -0.324 e. The molecule has 5 nitrogen and oxygen atoms in total. The molecule has 5 aliphatic rings. The molecular weight excluding hydrogens is 408 g/mol. The number of imide groups is 1. The van der Waals surface area contributed by atoms with Crippen molar-refractivity contribution in [2.45, 2.75) is 20.3 Å². The molecule has 1 aromatic carbocycles. The third-order valence-electron chi connectivity index (χ3n) is 7.05. The fourth-order valence-corrected chi connectivity index (χ4v) is 5.86. The van der Waals surface area contributed by atoms with Gasteiger partial charge in [-0.2, -0.15) is 0 Å². The predicted molar refractivity (Wildman–Crippen MR) is 104 cm³/mol. The topological polar surface area (TPSA) is 66.5 Å². The van der Waals surface area contributed by atoms with Crippen LogP contribution in [0.5, 0.6) is 0 Å². The molecule has 0 radical (unpaired) electrons. The van der Waals surface area contributed by atoms with E-state index in [-0.39, 0.29) is 47.9 Å². The first-order valence-electron chi connectivity index (χ1n) is 9.47. The first-order valence-corrected chi connectivity index (χ1v) is 10.3. The first kappa shape index (κ1) is 17.2. The number of benzene rings is 1. The number of amides is 3. The summed E-state index contributed by atoms with van der Waals surface area (Å²) in [4.78, 5) is 39.7. The Morgan fingerprint density at radius 1 is 1.07 bits per heavy atom. The number of hydrogen-bond acceptors (Lipinski definition) is 3. The molecular formula is C21H21BrN2O3. The number of halogens is 1. The summed E-state index contributed by atoms with van der Waals surface area (Å²) in [6, 6.07) is 3.71. The Labute approximate surface area is 166 Å². The van der Waals surface area contributed by atoms with Gasteiger partial charge in [-0.05, 0) is 67.2 Å². The molecule has 2 saturated carbocycles. The van der Waals surface area contributed by atoms with Gasteiger partial charge in [0.1, 0.15) is 6.54 Å². The quantitative estimate of drug-likeness (QED) is 0.594. The summed E-state index contributed by atoms with van der Waals surface area (Å²) >= 11 is 3.48. The highest BCUT2D eigenvalue weighted by Gasteiger charge is 2.67. The molecule has 6 rings (SSSR count). The molecule has 1 aromatic rings. The van der Waals surface area contributed by atoms with Crippen molar-refractivity contribution < 1.29 is 14.4 Å². The van der Waals surface area contributed by atoms with Crippen LogP contribution in [0, 0.1) is 49.4 Å². The van der Waals surface area contributed by atoms with E-state index in [0.717, 1.165) is 22.0 Å². The Kier molecular flexibility index (Phi) is 3.67.